The van der Waals surface area contributed by atoms with Gasteiger partial charge < -0.3 is 23.8 Å². The second-order valence-electron chi connectivity index (χ2n) is 8.29. The van der Waals surface area contributed by atoms with Crippen LogP contribution in [0.25, 0.3) is 0 Å². The van der Waals surface area contributed by atoms with E-state index in [0.29, 0.717) is 72.0 Å². The number of methoxy groups -OCH3 is 1. The smallest absolute Gasteiger partial charge is 0.158 e. The summed E-state index contributed by atoms with van der Waals surface area (Å²) in [6, 6.07) is 8.09. The Morgan fingerprint density at radius 2 is 1.49 bits per heavy atom. The number of hydrogen-bond donors (Lipinski definition) is 0. The van der Waals surface area contributed by atoms with Gasteiger partial charge in [0.25, 0.3) is 0 Å². The number of hydrogen-bond acceptors (Lipinski definition) is 10. The highest BCUT2D eigenvalue weighted by Gasteiger charge is 2.17. The lowest BCUT2D eigenvalue weighted by Gasteiger charge is -2.27. The van der Waals surface area contributed by atoms with Gasteiger partial charge in [0.05, 0.1) is 50.5 Å². The van der Waals surface area contributed by atoms with Crippen LogP contribution < -0.4 is 9.64 Å². The molecule has 0 aliphatic heterocycles. The fourth-order valence-corrected chi connectivity index (χ4v) is 4.38. The topological polar surface area (TPSA) is 112 Å². The fourth-order valence-electron chi connectivity index (χ4n) is 3.50. The molecule has 0 aliphatic rings. The molecule has 1 heterocycles. The van der Waals surface area contributed by atoms with E-state index in [1.807, 2.05) is 19.1 Å². The Bertz CT molecular complexity index is 1100. The van der Waals surface area contributed by atoms with Crippen molar-refractivity contribution in [3.8, 4) is 17.9 Å². The Hall–Kier alpha value is -3.02. The molecule has 1 aromatic heterocycles. The molecule has 0 amide bonds. The molecule has 0 saturated heterocycles. The van der Waals surface area contributed by atoms with Crippen molar-refractivity contribution in [2.75, 3.05) is 64.7 Å². The van der Waals surface area contributed by atoms with Gasteiger partial charge >= 0.3 is 0 Å². The van der Waals surface area contributed by atoms with Gasteiger partial charge in [0.15, 0.2) is 5.00 Å². The SMILES string of the molecule is CCCOCCOCCN(CCOCCC)c1cc(C)c(N=Nc2sc(C#N)c(C)c2C#N)cc1OC. The Balaban J connectivity index is 2.23. The molecule has 37 heavy (non-hydrogen) atoms. The lowest BCUT2D eigenvalue weighted by molar-refractivity contribution is 0.0501. The summed E-state index contributed by atoms with van der Waals surface area (Å²) in [5.74, 6) is 0.655. The van der Waals surface area contributed by atoms with E-state index in [1.54, 1.807) is 14.0 Å². The van der Waals surface area contributed by atoms with Crippen molar-refractivity contribution in [2.24, 2.45) is 10.2 Å². The Morgan fingerprint density at radius 1 is 0.865 bits per heavy atom. The average molecular weight is 528 g/mol. The third-order valence-electron chi connectivity index (χ3n) is 5.51. The van der Waals surface area contributed by atoms with Crippen LogP contribution in [0.3, 0.4) is 0 Å². The predicted octanol–water partition coefficient (Wildman–Crippen LogP) is 6.21. The maximum Gasteiger partial charge on any atom is 0.158 e. The van der Waals surface area contributed by atoms with Crippen molar-refractivity contribution >= 4 is 27.7 Å². The number of aryl methyl sites for hydroxylation is 1. The van der Waals surface area contributed by atoms with Crippen LogP contribution in [0.2, 0.25) is 0 Å². The first-order valence-electron chi connectivity index (χ1n) is 12.5. The van der Waals surface area contributed by atoms with Crippen molar-refractivity contribution in [1.29, 1.82) is 10.5 Å². The minimum Gasteiger partial charge on any atom is -0.495 e. The van der Waals surface area contributed by atoms with Crippen LogP contribution in [-0.2, 0) is 14.2 Å². The zero-order valence-electron chi connectivity index (χ0n) is 22.5. The normalized spacial score (nSPS) is 11.0. The van der Waals surface area contributed by atoms with E-state index >= 15 is 0 Å². The lowest BCUT2D eigenvalue weighted by atomic mass is 10.1. The number of ether oxygens (including phenoxy) is 4. The number of azo groups is 1. The van der Waals surface area contributed by atoms with Gasteiger partial charge in [-0.05, 0) is 43.9 Å². The Labute approximate surface area is 224 Å². The maximum absolute atomic E-state index is 9.48. The second kappa shape index (κ2) is 16.7. The molecule has 10 heteroatoms. The molecule has 0 radical (unpaired) electrons. The highest BCUT2D eigenvalue weighted by Crippen LogP contribution is 2.38. The first kappa shape index (κ1) is 30.2. The van der Waals surface area contributed by atoms with E-state index in [1.165, 1.54) is 0 Å². The molecule has 0 aliphatic carbocycles. The molecule has 0 saturated carbocycles. The van der Waals surface area contributed by atoms with Gasteiger partial charge in [0, 0.05) is 32.4 Å². The number of thiophene rings is 1. The van der Waals surface area contributed by atoms with Gasteiger partial charge in [-0.25, -0.2) is 0 Å². The summed E-state index contributed by atoms with van der Waals surface area (Å²) in [6.45, 7) is 13.0. The molecule has 2 rings (SSSR count). The molecule has 0 fully saturated rings. The van der Waals surface area contributed by atoms with E-state index in [-0.39, 0.29) is 0 Å². The number of nitriles is 2. The van der Waals surface area contributed by atoms with Crippen LogP contribution in [0.1, 0.15) is 48.3 Å². The summed E-state index contributed by atoms with van der Waals surface area (Å²) in [7, 11) is 1.62. The molecule has 0 spiro atoms. The summed E-state index contributed by atoms with van der Waals surface area (Å²) in [6.07, 6.45) is 1.96. The molecule has 9 nitrogen and oxygen atoms in total. The number of anilines is 1. The monoisotopic (exact) mass is 527 g/mol. The van der Waals surface area contributed by atoms with Gasteiger partial charge in [-0.3, -0.25) is 0 Å². The average Bonchev–Trinajstić information content (AvgIpc) is 3.22. The standard InChI is InChI=1S/C27H37N5O4S/c1-6-10-34-12-8-32(9-13-36-15-14-35-11-7-2)24-16-20(3)23(17-25(24)33-5)30-31-27-22(18-28)21(4)26(19-29)37-27/h16-17H,6-15H2,1-5H3. The molecule has 0 unspecified atom stereocenters. The minimum atomic E-state index is 0.380. The molecule has 2 aromatic rings. The molecule has 0 bridgehead atoms. The van der Waals surface area contributed by atoms with Crippen LogP contribution in [0.15, 0.2) is 22.4 Å². The third-order valence-corrected chi connectivity index (χ3v) is 6.59. The van der Waals surface area contributed by atoms with Crippen LogP contribution in [0.5, 0.6) is 5.75 Å². The second-order valence-corrected chi connectivity index (χ2v) is 9.29. The zero-order chi connectivity index (χ0) is 27.0. The van der Waals surface area contributed by atoms with Crippen LogP contribution in [-0.4, -0.2) is 59.8 Å². The quantitative estimate of drug-likeness (QED) is 0.178. The van der Waals surface area contributed by atoms with Crippen molar-refractivity contribution in [3.63, 3.8) is 0 Å². The Morgan fingerprint density at radius 3 is 2.05 bits per heavy atom. The van der Waals surface area contributed by atoms with Crippen LogP contribution in [0.4, 0.5) is 16.4 Å². The largest absolute Gasteiger partial charge is 0.495 e. The van der Waals surface area contributed by atoms with Crippen LogP contribution in [0, 0.1) is 36.5 Å². The molecule has 0 N–H and O–H groups in total. The molecule has 1 aromatic carbocycles. The number of nitrogens with zero attached hydrogens (tertiary/aromatic N) is 5. The van der Waals surface area contributed by atoms with Gasteiger partial charge in [0.1, 0.15) is 22.8 Å². The van der Waals surface area contributed by atoms with E-state index in [9.17, 15) is 10.5 Å². The number of rotatable bonds is 17. The molecule has 0 atom stereocenters. The molecular formula is C27H37N5O4S. The van der Waals surface area contributed by atoms with Gasteiger partial charge in [-0.15, -0.1) is 21.6 Å². The third kappa shape index (κ3) is 9.10. The lowest BCUT2D eigenvalue weighted by Crippen LogP contribution is -2.32. The number of benzene rings is 1. The fraction of sp³-hybridized carbons (Fsp3) is 0.556. The Kier molecular flexibility index (Phi) is 13.6. The van der Waals surface area contributed by atoms with Crippen molar-refractivity contribution in [2.45, 2.75) is 40.5 Å². The zero-order valence-corrected chi connectivity index (χ0v) is 23.3. The summed E-state index contributed by atoms with van der Waals surface area (Å²) in [5, 5.41) is 27.9. The van der Waals surface area contributed by atoms with Gasteiger partial charge in [-0.1, -0.05) is 13.8 Å². The maximum atomic E-state index is 9.48. The summed E-state index contributed by atoms with van der Waals surface area (Å²) in [5.41, 5.74) is 3.46. The van der Waals surface area contributed by atoms with Crippen LogP contribution >= 0.6 is 11.3 Å². The highest BCUT2D eigenvalue weighted by atomic mass is 32.1. The van der Waals surface area contributed by atoms with E-state index < -0.39 is 0 Å². The first-order chi connectivity index (χ1) is 18.0. The summed E-state index contributed by atoms with van der Waals surface area (Å²) in [4.78, 5) is 2.65. The predicted molar refractivity (Wildman–Crippen MR) is 146 cm³/mol. The molecular weight excluding hydrogens is 490 g/mol. The van der Waals surface area contributed by atoms with E-state index in [2.05, 4.69) is 41.1 Å². The van der Waals surface area contributed by atoms with Crippen molar-refractivity contribution < 1.29 is 18.9 Å². The summed E-state index contributed by atoms with van der Waals surface area (Å²) < 4.78 is 22.7. The highest BCUT2D eigenvalue weighted by molar-refractivity contribution is 7.16. The first-order valence-corrected chi connectivity index (χ1v) is 13.3. The van der Waals surface area contributed by atoms with Gasteiger partial charge in [0.2, 0.25) is 0 Å². The van der Waals surface area contributed by atoms with E-state index in [0.717, 1.165) is 48.6 Å². The van der Waals surface area contributed by atoms with E-state index in [4.69, 9.17) is 18.9 Å². The van der Waals surface area contributed by atoms with Crippen molar-refractivity contribution in [3.05, 3.63) is 33.7 Å². The molecule has 200 valence electrons. The summed E-state index contributed by atoms with van der Waals surface area (Å²) >= 11 is 1.16. The minimum absolute atomic E-state index is 0.380. The van der Waals surface area contributed by atoms with Gasteiger partial charge in [-0.2, -0.15) is 10.5 Å². The van der Waals surface area contributed by atoms with Crippen molar-refractivity contribution in [1.82, 2.24) is 0 Å².